The normalized spacial score (nSPS) is 11.1. The van der Waals surface area contributed by atoms with Gasteiger partial charge in [0.2, 0.25) is 11.6 Å². The minimum absolute atomic E-state index is 0.0158. The van der Waals surface area contributed by atoms with Crippen LogP contribution in [0.2, 0.25) is 0 Å². The number of fused-ring (bicyclic) bond motifs is 1. The van der Waals surface area contributed by atoms with Crippen LogP contribution in [0.4, 0.5) is 23.1 Å². The smallest absolute Gasteiger partial charge is 0.353 e. The van der Waals surface area contributed by atoms with Crippen LogP contribution in [0.3, 0.4) is 0 Å². The lowest BCUT2D eigenvalue weighted by Gasteiger charge is -2.12. The fourth-order valence-corrected chi connectivity index (χ4v) is 3.48. The van der Waals surface area contributed by atoms with Gasteiger partial charge < -0.3 is 11.1 Å². The third-order valence-electron chi connectivity index (χ3n) is 4.77. The Kier molecular flexibility index (Phi) is 4.53. The number of nitrogens with two attached hydrogens (primary N) is 1. The van der Waals surface area contributed by atoms with Crippen LogP contribution in [0.15, 0.2) is 30.6 Å². The number of benzene rings is 1. The van der Waals surface area contributed by atoms with E-state index >= 15 is 0 Å². The molecular formula is C20H20N8O2. The maximum Gasteiger partial charge on any atom is 0.353 e. The zero-order valence-corrected chi connectivity index (χ0v) is 17.0. The van der Waals surface area contributed by atoms with Crippen molar-refractivity contribution in [3.8, 4) is 5.82 Å². The molecule has 0 fully saturated rings. The largest absolute Gasteiger partial charge is 0.378 e. The van der Waals surface area contributed by atoms with Gasteiger partial charge in [-0.05, 0) is 51.0 Å². The van der Waals surface area contributed by atoms with Gasteiger partial charge in [-0.1, -0.05) is 11.6 Å². The Balaban J connectivity index is 1.86. The van der Waals surface area contributed by atoms with Crippen LogP contribution in [0, 0.1) is 37.8 Å². The highest BCUT2D eigenvalue weighted by molar-refractivity contribution is 5.86. The number of rotatable bonds is 4. The molecule has 3 heterocycles. The minimum Gasteiger partial charge on any atom is -0.378 e. The van der Waals surface area contributed by atoms with E-state index in [-0.39, 0.29) is 11.6 Å². The molecule has 10 nitrogen and oxygen atoms in total. The summed E-state index contributed by atoms with van der Waals surface area (Å²) < 4.78 is 1.60. The Hall–Kier alpha value is -4.08. The highest BCUT2D eigenvalue weighted by Gasteiger charge is 2.23. The van der Waals surface area contributed by atoms with E-state index in [0.29, 0.717) is 17.3 Å². The Labute approximate surface area is 171 Å². The molecule has 0 unspecified atom stereocenters. The molecule has 3 N–H and O–H groups in total. The van der Waals surface area contributed by atoms with E-state index in [1.165, 1.54) is 11.9 Å². The monoisotopic (exact) mass is 404 g/mol. The molecule has 1 aromatic carbocycles. The van der Waals surface area contributed by atoms with Gasteiger partial charge in [0, 0.05) is 11.5 Å². The molecule has 0 bridgehead atoms. The lowest BCUT2D eigenvalue weighted by molar-refractivity contribution is -0.383. The number of nitrogen functional groups attached to an aromatic ring is 1. The molecule has 3 aromatic heterocycles. The fraction of sp³-hybridized carbons (Fsp3) is 0.200. The van der Waals surface area contributed by atoms with Gasteiger partial charge in [0.15, 0.2) is 5.82 Å². The summed E-state index contributed by atoms with van der Waals surface area (Å²) >= 11 is 0. The zero-order chi connectivity index (χ0) is 21.6. The van der Waals surface area contributed by atoms with Gasteiger partial charge in [0.05, 0.1) is 16.1 Å². The topological polar surface area (TPSA) is 138 Å². The molecule has 4 aromatic rings. The van der Waals surface area contributed by atoms with Crippen LogP contribution >= 0.6 is 0 Å². The third-order valence-corrected chi connectivity index (χ3v) is 4.77. The van der Waals surface area contributed by atoms with Gasteiger partial charge in [-0.25, -0.2) is 15.0 Å². The van der Waals surface area contributed by atoms with Crippen molar-refractivity contribution in [3.63, 3.8) is 0 Å². The van der Waals surface area contributed by atoms with Crippen LogP contribution in [-0.4, -0.2) is 29.7 Å². The summed E-state index contributed by atoms with van der Waals surface area (Å²) in [6.07, 6.45) is 1.17. The maximum atomic E-state index is 11.4. The molecule has 0 saturated carbocycles. The second-order valence-corrected chi connectivity index (χ2v) is 7.20. The molecule has 0 spiro atoms. The maximum absolute atomic E-state index is 11.4. The van der Waals surface area contributed by atoms with Gasteiger partial charge in [0.25, 0.3) is 0 Å². The van der Waals surface area contributed by atoms with Gasteiger partial charge in [0.1, 0.15) is 12.1 Å². The number of hydrogen-bond donors (Lipinski definition) is 2. The molecule has 10 heteroatoms. The molecule has 0 amide bonds. The first-order valence-corrected chi connectivity index (χ1v) is 9.22. The lowest BCUT2D eigenvalue weighted by Crippen LogP contribution is -2.09. The molecule has 4 rings (SSSR count). The number of aromatic nitrogens is 5. The van der Waals surface area contributed by atoms with Crippen molar-refractivity contribution < 1.29 is 4.92 Å². The average Bonchev–Trinajstić information content (AvgIpc) is 3.02. The Morgan fingerprint density at radius 3 is 2.57 bits per heavy atom. The van der Waals surface area contributed by atoms with E-state index in [4.69, 9.17) is 10.7 Å². The summed E-state index contributed by atoms with van der Waals surface area (Å²) in [5.74, 6) is 0.834. The zero-order valence-electron chi connectivity index (χ0n) is 17.0. The van der Waals surface area contributed by atoms with Crippen molar-refractivity contribution in [1.29, 1.82) is 0 Å². The highest BCUT2D eigenvalue weighted by atomic mass is 16.6. The Bertz CT molecular complexity index is 1310. The van der Waals surface area contributed by atoms with E-state index in [9.17, 15) is 10.1 Å². The first kappa shape index (κ1) is 19.2. The van der Waals surface area contributed by atoms with Crippen molar-refractivity contribution >= 4 is 34.0 Å². The highest BCUT2D eigenvalue weighted by Crippen LogP contribution is 2.31. The predicted molar refractivity (Wildman–Crippen MR) is 114 cm³/mol. The van der Waals surface area contributed by atoms with Crippen LogP contribution < -0.4 is 11.1 Å². The van der Waals surface area contributed by atoms with E-state index in [0.717, 1.165) is 22.0 Å². The number of nitro groups is 1. The van der Waals surface area contributed by atoms with Gasteiger partial charge in [-0.2, -0.15) is 9.78 Å². The van der Waals surface area contributed by atoms with E-state index in [1.807, 2.05) is 26.8 Å². The van der Waals surface area contributed by atoms with Crippen molar-refractivity contribution in [2.75, 3.05) is 11.1 Å². The van der Waals surface area contributed by atoms with Crippen LogP contribution in [-0.2, 0) is 0 Å². The van der Waals surface area contributed by atoms with E-state index < -0.39 is 10.6 Å². The molecule has 0 atom stereocenters. The molecule has 0 saturated heterocycles. The summed E-state index contributed by atoms with van der Waals surface area (Å²) in [4.78, 5) is 23.3. The molecule has 0 aliphatic heterocycles. The van der Waals surface area contributed by atoms with Crippen LogP contribution in [0.5, 0.6) is 0 Å². The summed E-state index contributed by atoms with van der Waals surface area (Å²) in [6.45, 7) is 7.92. The first-order valence-electron chi connectivity index (χ1n) is 9.22. The third kappa shape index (κ3) is 3.28. The number of anilines is 3. The number of nitrogens with zero attached hydrogens (tertiary/aromatic N) is 6. The lowest BCUT2D eigenvalue weighted by atomic mass is 10.0. The molecule has 0 radical (unpaired) electrons. The fourth-order valence-electron chi connectivity index (χ4n) is 3.48. The van der Waals surface area contributed by atoms with Crippen molar-refractivity contribution in [2.24, 2.45) is 0 Å². The van der Waals surface area contributed by atoms with Gasteiger partial charge in [-0.15, -0.1) is 0 Å². The Morgan fingerprint density at radius 1 is 1.07 bits per heavy atom. The Morgan fingerprint density at radius 2 is 1.83 bits per heavy atom. The number of pyridine rings is 1. The number of hydrogen-bond acceptors (Lipinski definition) is 8. The summed E-state index contributed by atoms with van der Waals surface area (Å²) in [7, 11) is 0. The van der Waals surface area contributed by atoms with Crippen molar-refractivity contribution in [3.05, 3.63) is 63.1 Å². The number of nitrogens with one attached hydrogen (secondary N) is 1. The second kappa shape index (κ2) is 7.07. The molecule has 152 valence electrons. The quantitative estimate of drug-likeness (QED) is 0.388. The van der Waals surface area contributed by atoms with E-state index in [2.05, 4.69) is 39.4 Å². The van der Waals surface area contributed by atoms with Crippen molar-refractivity contribution in [1.82, 2.24) is 24.7 Å². The average molecular weight is 404 g/mol. The van der Waals surface area contributed by atoms with E-state index in [1.54, 1.807) is 10.7 Å². The van der Waals surface area contributed by atoms with Gasteiger partial charge >= 0.3 is 5.69 Å². The van der Waals surface area contributed by atoms with Crippen molar-refractivity contribution in [2.45, 2.75) is 27.7 Å². The molecule has 0 aliphatic carbocycles. The summed E-state index contributed by atoms with van der Waals surface area (Å²) in [5, 5.41) is 20.0. The number of aryl methyl sites for hydroxylation is 4. The summed E-state index contributed by atoms with van der Waals surface area (Å²) in [6, 6.07) is 7.88. The molecule has 30 heavy (non-hydrogen) atoms. The SMILES string of the molecule is Cc1cc(C)c2nc(-n3nc(C)cc3Nc3ncnc(N)c3[N+](=O)[O-])cc(C)c2c1. The standard InChI is InChI=1S/C20H20N8O2/c1-10-5-12(3)17-14(6-10)11(2)7-15(24-17)27-16(8-13(4)26-27)25-20-18(28(29)30)19(21)22-9-23-20/h5-9H,1-4H3,(H3,21,22,23,25). The molecule has 0 aliphatic rings. The van der Waals surface area contributed by atoms with Gasteiger partial charge in [-0.3, -0.25) is 10.1 Å². The minimum atomic E-state index is -0.616. The molecular weight excluding hydrogens is 384 g/mol. The summed E-state index contributed by atoms with van der Waals surface area (Å²) in [5.41, 5.74) is 10.2. The second-order valence-electron chi connectivity index (χ2n) is 7.20. The first-order chi connectivity index (χ1) is 14.2. The predicted octanol–water partition coefficient (Wildman–Crippen LogP) is 3.68. The van der Waals surface area contributed by atoms with Crippen LogP contribution in [0.1, 0.15) is 22.4 Å². The van der Waals surface area contributed by atoms with Crippen LogP contribution in [0.25, 0.3) is 16.7 Å².